The Bertz CT molecular complexity index is 874. The summed E-state index contributed by atoms with van der Waals surface area (Å²) in [4.78, 5) is 3.84. The van der Waals surface area contributed by atoms with Crippen molar-refractivity contribution in [1.82, 2.24) is 4.90 Å². The van der Waals surface area contributed by atoms with Gasteiger partial charge >= 0.3 is 0 Å². The molecule has 5 heteroatoms. The molecule has 0 saturated carbocycles. The number of benzene rings is 1. The Morgan fingerprint density at radius 2 is 2.03 bits per heavy atom. The molecule has 1 aromatic heterocycles. The molecule has 1 atom stereocenters. The van der Waals surface area contributed by atoms with E-state index >= 15 is 0 Å². The smallest absolute Gasteiger partial charge is 0.277 e. The van der Waals surface area contributed by atoms with Gasteiger partial charge < -0.3 is 9.47 Å². The first-order chi connectivity index (χ1) is 13.9. The summed E-state index contributed by atoms with van der Waals surface area (Å²) in [6.45, 7) is 17.0. The fourth-order valence-corrected chi connectivity index (χ4v) is 4.83. The number of hydrogen-bond donors (Lipinski definition) is 0. The third-order valence-electron chi connectivity index (χ3n) is 5.07. The first kappa shape index (κ1) is 21.9. The predicted molar refractivity (Wildman–Crippen MR) is 123 cm³/mol. The highest BCUT2D eigenvalue weighted by Crippen LogP contribution is 2.40. The Balaban J connectivity index is 1.75. The second-order valence-electron chi connectivity index (χ2n) is 7.85. The molecule has 156 valence electrons. The molecule has 1 aliphatic heterocycles. The second-order valence-corrected chi connectivity index (χ2v) is 9.36. The van der Waals surface area contributed by atoms with Crippen molar-refractivity contribution in [2.24, 2.45) is 5.92 Å². The normalized spacial score (nSPS) is 15.1. The van der Waals surface area contributed by atoms with Crippen molar-refractivity contribution >= 4 is 22.9 Å². The van der Waals surface area contributed by atoms with Crippen molar-refractivity contribution < 1.29 is 9.47 Å². The van der Waals surface area contributed by atoms with Gasteiger partial charge in [0.25, 0.3) is 5.95 Å². The number of rotatable bonds is 9. The molecule has 1 aromatic carbocycles. The van der Waals surface area contributed by atoms with Crippen LogP contribution in [0.4, 0.5) is 0 Å². The minimum absolute atomic E-state index is 0.121. The lowest BCUT2D eigenvalue weighted by molar-refractivity contribution is 0.0922. The topological polar surface area (TPSA) is 21.7 Å². The molecule has 0 bridgehead atoms. The van der Waals surface area contributed by atoms with E-state index in [1.807, 2.05) is 18.2 Å². The van der Waals surface area contributed by atoms with Crippen molar-refractivity contribution in [2.45, 2.75) is 46.2 Å². The van der Waals surface area contributed by atoms with Crippen LogP contribution in [0.15, 0.2) is 55.0 Å². The van der Waals surface area contributed by atoms with Gasteiger partial charge in [-0.1, -0.05) is 62.7 Å². The van der Waals surface area contributed by atoms with Gasteiger partial charge in [0.05, 0.1) is 12.6 Å². The van der Waals surface area contributed by atoms with Crippen molar-refractivity contribution in [3.05, 3.63) is 76.0 Å². The van der Waals surface area contributed by atoms with Crippen LogP contribution in [0.5, 0.6) is 5.06 Å². The van der Waals surface area contributed by atoms with Crippen LogP contribution in [-0.4, -0.2) is 18.1 Å². The Kier molecular flexibility index (Phi) is 7.44. The fraction of sp³-hybridized carbons (Fsp3) is 0.417. The van der Waals surface area contributed by atoms with Crippen LogP contribution in [0.1, 0.15) is 49.2 Å². The quantitative estimate of drug-likeness (QED) is 0.315. The standard InChI is InChI=1S/C24H30ClNO2S/c1-6-17(4)24(20-9-7-8-10-21(20)25)26-12-11-22-19(14-26)13-23(29-22)28-18(5)27-15-16(2)3/h7-10,13,16,24H,4-6,11-12,14-15H2,1-3H3. The summed E-state index contributed by atoms with van der Waals surface area (Å²) in [7, 11) is 0. The second kappa shape index (κ2) is 9.84. The van der Waals surface area contributed by atoms with Gasteiger partial charge in [-0.05, 0) is 48.6 Å². The van der Waals surface area contributed by atoms with E-state index in [4.69, 9.17) is 21.1 Å². The molecule has 1 aliphatic rings. The summed E-state index contributed by atoms with van der Waals surface area (Å²) in [5.74, 6) is 0.802. The van der Waals surface area contributed by atoms with E-state index in [0.717, 1.165) is 41.6 Å². The van der Waals surface area contributed by atoms with Gasteiger partial charge in [0.15, 0.2) is 5.06 Å². The van der Waals surface area contributed by atoms with Gasteiger partial charge in [-0.3, -0.25) is 4.90 Å². The molecule has 1 unspecified atom stereocenters. The van der Waals surface area contributed by atoms with Crippen molar-refractivity contribution in [1.29, 1.82) is 0 Å². The van der Waals surface area contributed by atoms with Crippen LogP contribution in [0.25, 0.3) is 0 Å². The van der Waals surface area contributed by atoms with Gasteiger partial charge in [-0.15, -0.1) is 11.3 Å². The lowest BCUT2D eigenvalue weighted by Crippen LogP contribution is -2.34. The molecule has 0 radical (unpaired) electrons. The molecule has 0 spiro atoms. The Morgan fingerprint density at radius 1 is 1.28 bits per heavy atom. The maximum Gasteiger partial charge on any atom is 0.277 e. The molecule has 3 nitrogen and oxygen atoms in total. The summed E-state index contributed by atoms with van der Waals surface area (Å²) >= 11 is 8.23. The number of fused-ring (bicyclic) bond motifs is 1. The summed E-state index contributed by atoms with van der Waals surface area (Å²) in [6, 6.07) is 10.3. The minimum atomic E-state index is 0.121. The monoisotopic (exact) mass is 431 g/mol. The highest BCUT2D eigenvalue weighted by molar-refractivity contribution is 7.14. The molecule has 29 heavy (non-hydrogen) atoms. The fourth-order valence-electron chi connectivity index (χ4n) is 3.56. The lowest BCUT2D eigenvalue weighted by Gasteiger charge is -2.36. The Morgan fingerprint density at radius 3 is 2.72 bits per heavy atom. The molecule has 0 N–H and O–H groups in total. The first-order valence-corrected chi connectivity index (χ1v) is 11.4. The van der Waals surface area contributed by atoms with E-state index in [2.05, 4.69) is 51.0 Å². The summed E-state index contributed by atoms with van der Waals surface area (Å²) in [5, 5.41) is 1.64. The number of ether oxygens (including phenoxy) is 2. The largest absolute Gasteiger partial charge is 0.465 e. The third-order valence-corrected chi connectivity index (χ3v) is 6.53. The highest BCUT2D eigenvalue weighted by Gasteiger charge is 2.29. The van der Waals surface area contributed by atoms with Gasteiger partial charge in [0.1, 0.15) is 0 Å². The molecule has 0 amide bonds. The zero-order valence-electron chi connectivity index (χ0n) is 17.5. The molecular formula is C24H30ClNO2S. The van der Waals surface area contributed by atoms with Crippen molar-refractivity contribution in [3.63, 3.8) is 0 Å². The van der Waals surface area contributed by atoms with E-state index in [-0.39, 0.29) is 6.04 Å². The highest BCUT2D eigenvalue weighted by atomic mass is 35.5. The minimum Gasteiger partial charge on any atom is -0.465 e. The maximum absolute atomic E-state index is 6.54. The number of nitrogens with zero attached hydrogens (tertiary/aromatic N) is 1. The van der Waals surface area contributed by atoms with Gasteiger partial charge in [-0.2, -0.15) is 0 Å². The van der Waals surface area contributed by atoms with E-state index in [1.54, 1.807) is 11.3 Å². The van der Waals surface area contributed by atoms with Crippen LogP contribution in [0.2, 0.25) is 5.02 Å². The number of hydrogen-bond acceptors (Lipinski definition) is 4. The first-order valence-electron chi connectivity index (χ1n) is 10.2. The zero-order chi connectivity index (χ0) is 21.0. The number of halogens is 1. The molecule has 0 fully saturated rings. The molecule has 2 heterocycles. The zero-order valence-corrected chi connectivity index (χ0v) is 19.1. The van der Waals surface area contributed by atoms with Crippen molar-refractivity contribution in [2.75, 3.05) is 13.2 Å². The maximum atomic E-state index is 6.54. The van der Waals surface area contributed by atoms with Crippen LogP contribution in [0.3, 0.4) is 0 Å². The van der Waals surface area contributed by atoms with E-state index < -0.39 is 0 Å². The third kappa shape index (κ3) is 5.44. The molecule has 2 aromatic rings. The van der Waals surface area contributed by atoms with E-state index in [0.29, 0.717) is 18.5 Å². The van der Waals surface area contributed by atoms with Crippen molar-refractivity contribution in [3.8, 4) is 5.06 Å². The van der Waals surface area contributed by atoms with Crippen LogP contribution >= 0.6 is 22.9 Å². The van der Waals surface area contributed by atoms with Gasteiger partial charge in [0, 0.05) is 23.0 Å². The lowest BCUT2D eigenvalue weighted by atomic mass is 9.94. The summed E-state index contributed by atoms with van der Waals surface area (Å²) in [5.41, 5.74) is 3.62. The molecular weight excluding hydrogens is 402 g/mol. The average molecular weight is 432 g/mol. The number of thiophene rings is 1. The molecule has 3 rings (SSSR count). The van der Waals surface area contributed by atoms with Crippen LogP contribution in [0, 0.1) is 5.92 Å². The van der Waals surface area contributed by atoms with Crippen LogP contribution in [-0.2, 0) is 17.7 Å². The van der Waals surface area contributed by atoms with Crippen LogP contribution < -0.4 is 4.74 Å². The van der Waals surface area contributed by atoms with Gasteiger partial charge in [-0.25, -0.2) is 0 Å². The molecule has 0 aliphatic carbocycles. The Labute approximate surface area is 183 Å². The predicted octanol–water partition coefficient (Wildman–Crippen LogP) is 6.99. The van der Waals surface area contributed by atoms with Gasteiger partial charge in [0.2, 0.25) is 0 Å². The summed E-state index contributed by atoms with van der Waals surface area (Å²) in [6.07, 6.45) is 1.91. The average Bonchev–Trinajstić information content (AvgIpc) is 3.09. The summed E-state index contributed by atoms with van der Waals surface area (Å²) < 4.78 is 11.4. The molecule has 0 saturated heterocycles. The van der Waals surface area contributed by atoms with E-state index in [1.165, 1.54) is 16.0 Å². The van der Waals surface area contributed by atoms with E-state index in [9.17, 15) is 0 Å². The Hall–Kier alpha value is -1.75. The SMILES string of the molecule is C=C(OCC(C)C)Oc1cc2c(s1)CCN(C(C(=C)CC)c1ccccc1Cl)C2.